The van der Waals surface area contributed by atoms with E-state index in [1.165, 1.54) is 0 Å². The molecule has 0 aromatic carbocycles. The van der Waals surface area contributed by atoms with Crippen LogP contribution in [0.2, 0.25) is 0 Å². The molecule has 3 heterocycles. The number of piperidine rings is 1. The second-order valence-electron chi connectivity index (χ2n) is 3.98. The van der Waals surface area contributed by atoms with Gasteiger partial charge in [0.15, 0.2) is 11.6 Å². The number of furan rings is 1. The van der Waals surface area contributed by atoms with Crippen LogP contribution in [0.5, 0.6) is 0 Å². The van der Waals surface area contributed by atoms with Crippen molar-refractivity contribution in [3.63, 3.8) is 0 Å². The Bertz CT molecular complexity index is 444. The second kappa shape index (κ2) is 4.09. The van der Waals surface area contributed by atoms with Crippen LogP contribution in [0.3, 0.4) is 0 Å². The van der Waals surface area contributed by atoms with Crippen LogP contribution in [-0.2, 0) is 0 Å². The van der Waals surface area contributed by atoms with Gasteiger partial charge < -0.3 is 14.3 Å². The lowest BCUT2D eigenvalue weighted by Crippen LogP contribution is -2.28. The Morgan fingerprint density at radius 2 is 2.44 bits per heavy atom. The van der Waals surface area contributed by atoms with Gasteiger partial charge in [0.1, 0.15) is 0 Å². The van der Waals surface area contributed by atoms with E-state index >= 15 is 0 Å². The third-order valence-corrected chi connectivity index (χ3v) is 2.84. The average molecular weight is 219 g/mol. The van der Waals surface area contributed by atoms with Gasteiger partial charge in [-0.15, -0.1) is 0 Å². The molecule has 16 heavy (non-hydrogen) atoms. The van der Waals surface area contributed by atoms with Gasteiger partial charge in [0.25, 0.3) is 5.89 Å². The summed E-state index contributed by atoms with van der Waals surface area (Å²) in [5.74, 6) is 2.23. The predicted octanol–water partition coefficient (Wildman–Crippen LogP) is 1.80. The van der Waals surface area contributed by atoms with Crippen molar-refractivity contribution in [2.24, 2.45) is 0 Å². The average Bonchev–Trinajstić information content (AvgIpc) is 3.01. The molecule has 0 spiro atoms. The van der Waals surface area contributed by atoms with Crippen molar-refractivity contribution in [3.8, 4) is 11.7 Å². The van der Waals surface area contributed by atoms with Gasteiger partial charge in [0.2, 0.25) is 0 Å². The van der Waals surface area contributed by atoms with Gasteiger partial charge in [-0.3, -0.25) is 0 Å². The first-order valence-corrected chi connectivity index (χ1v) is 5.51. The van der Waals surface area contributed by atoms with E-state index < -0.39 is 0 Å². The van der Waals surface area contributed by atoms with Crippen molar-refractivity contribution < 1.29 is 8.94 Å². The van der Waals surface area contributed by atoms with Gasteiger partial charge in [-0.25, -0.2) is 0 Å². The fourth-order valence-corrected chi connectivity index (χ4v) is 1.97. The number of aromatic nitrogens is 2. The second-order valence-corrected chi connectivity index (χ2v) is 3.98. The molecule has 0 aliphatic carbocycles. The molecule has 1 fully saturated rings. The van der Waals surface area contributed by atoms with Crippen LogP contribution in [0.1, 0.15) is 24.6 Å². The molecule has 0 unspecified atom stereocenters. The number of hydrogen-bond acceptors (Lipinski definition) is 5. The normalized spacial score (nSPS) is 21.1. The minimum absolute atomic E-state index is 0.362. The first kappa shape index (κ1) is 9.59. The zero-order valence-corrected chi connectivity index (χ0v) is 8.85. The minimum atomic E-state index is 0.362. The summed E-state index contributed by atoms with van der Waals surface area (Å²) in [4.78, 5) is 4.36. The van der Waals surface area contributed by atoms with E-state index in [2.05, 4.69) is 15.5 Å². The molecule has 1 atom stereocenters. The summed E-state index contributed by atoms with van der Waals surface area (Å²) in [6.45, 7) is 2.01. The molecule has 0 saturated carbocycles. The molecule has 0 amide bonds. The van der Waals surface area contributed by atoms with Gasteiger partial charge in [0, 0.05) is 12.5 Å². The standard InChI is InChI=1S/C11H13N3O2/c1-3-8(7-12-5-1)10-13-11(16-14-10)9-4-2-6-15-9/h2,4,6,8,12H,1,3,5,7H2/t8-/m0/s1. The summed E-state index contributed by atoms with van der Waals surface area (Å²) >= 11 is 0. The highest BCUT2D eigenvalue weighted by atomic mass is 16.5. The van der Waals surface area contributed by atoms with Crippen LogP contribution in [0.15, 0.2) is 27.3 Å². The van der Waals surface area contributed by atoms with Crippen molar-refractivity contribution >= 4 is 0 Å². The molecule has 3 rings (SSSR count). The fourth-order valence-electron chi connectivity index (χ4n) is 1.97. The van der Waals surface area contributed by atoms with Gasteiger partial charge >= 0.3 is 0 Å². The van der Waals surface area contributed by atoms with Crippen molar-refractivity contribution in [1.82, 2.24) is 15.5 Å². The molecule has 2 aromatic rings. The topological polar surface area (TPSA) is 64.1 Å². The first-order valence-electron chi connectivity index (χ1n) is 5.51. The predicted molar refractivity (Wildman–Crippen MR) is 56.8 cm³/mol. The third-order valence-electron chi connectivity index (χ3n) is 2.84. The van der Waals surface area contributed by atoms with E-state index in [0.29, 0.717) is 17.6 Å². The highest BCUT2D eigenvalue weighted by Crippen LogP contribution is 2.24. The zero-order valence-electron chi connectivity index (χ0n) is 8.85. The Morgan fingerprint density at radius 1 is 1.44 bits per heavy atom. The maximum Gasteiger partial charge on any atom is 0.293 e. The van der Waals surface area contributed by atoms with Crippen LogP contribution in [0.4, 0.5) is 0 Å². The molecule has 84 valence electrons. The minimum Gasteiger partial charge on any atom is -0.459 e. The molecule has 1 aliphatic heterocycles. The summed E-state index contributed by atoms with van der Waals surface area (Å²) < 4.78 is 10.4. The molecule has 5 nitrogen and oxygen atoms in total. The molecule has 1 aliphatic rings. The SMILES string of the molecule is c1coc(-c2nc([C@H]3CCCNC3)no2)c1. The van der Waals surface area contributed by atoms with Gasteiger partial charge in [0.05, 0.1) is 6.26 Å². The number of rotatable bonds is 2. The largest absolute Gasteiger partial charge is 0.459 e. The Kier molecular flexibility index (Phi) is 2.46. The van der Waals surface area contributed by atoms with Crippen LogP contribution in [0.25, 0.3) is 11.7 Å². The van der Waals surface area contributed by atoms with Crippen molar-refractivity contribution in [3.05, 3.63) is 24.2 Å². The van der Waals surface area contributed by atoms with E-state index in [1.54, 1.807) is 12.3 Å². The molecule has 2 aromatic heterocycles. The Hall–Kier alpha value is -1.62. The molecular weight excluding hydrogens is 206 g/mol. The quantitative estimate of drug-likeness (QED) is 0.834. The maximum atomic E-state index is 5.21. The highest BCUT2D eigenvalue weighted by molar-refractivity contribution is 5.42. The first-order chi connectivity index (χ1) is 7.93. The van der Waals surface area contributed by atoms with Crippen LogP contribution >= 0.6 is 0 Å². The fraction of sp³-hybridized carbons (Fsp3) is 0.455. The summed E-state index contributed by atoms with van der Waals surface area (Å²) in [6.07, 6.45) is 3.88. The van der Waals surface area contributed by atoms with Crippen molar-refractivity contribution in [2.75, 3.05) is 13.1 Å². The molecule has 0 bridgehead atoms. The lowest BCUT2D eigenvalue weighted by Gasteiger charge is -2.19. The van der Waals surface area contributed by atoms with Crippen LogP contribution < -0.4 is 5.32 Å². The number of nitrogens with one attached hydrogen (secondary N) is 1. The van der Waals surface area contributed by atoms with Gasteiger partial charge in [-0.05, 0) is 31.5 Å². The molecule has 5 heteroatoms. The number of hydrogen-bond donors (Lipinski definition) is 1. The molecule has 1 N–H and O–H groups in total. The number of nitrogens with zero attached hydrogens (tertiary/aromatic N) is 2. The third kappa shape index (κ3) is 1.74. The Morgan fingerprint density at radius 3 is 3.19 bits per heavy atom. The van der Waals surface area contributed by atoms with Gasteiger partial charge in [-0.2, -0.15) is 4.98 Å². The Labute approximate surface area is 92.8 Å². The summed E-state index contributed by atoms with van der Waals surface area (Å²) in [7, 11) is 0. The van der Waals surface area contributed by atoms with E-state index in [0.717, 1.165) is 31.8 Å². The zero-order chi connectivity index (χ0) is 10.8. The summed E-state index contributed by atoms with van der Waals surface area (Å²) in [5, 5.41) is 7.34. The van der Waals surface area contributed by atoms with E-state index in [9.17, 15) is 0 Å². The van der Waals surface area contributed by atoms with Crippen molar-refractivity contribution in [1.29, 1.82) is 0 Å². The summed E-state index contributed by atoms with van der Waals surface area (Å²) in [6, 6.07) is 3.62. The van der Waals surface area contributed by atoms with Gasteiger partial charge in [-0.1, -0.05) is 5.16 Å². The maximum absolute atomic E-state index is 5.21. The van der Waals surface area contributed by atoms with Crippen LogP contribution in [-0.4, -0.2) is 23.2 Å². The highest BCUT2D eigenvalue weighted by Gasteiger charge is 2.21. The van der Waals surface area contributed by atoms with E-state index in [1.807, 2.05) is 6.07 Å². The smallest absolute Gasteiger partial charge is 0.293 e. The lowest BCUT2D eigenvalue weighted by molar-refractivity contribution is 0.387. The molecular formula is C11H13N3O2. The monoisotopic (exact) mass is 219 g/mol. The Balaban J connectivity index is 1.82. The molecule has 1 saturated heterocycles. The lowest BCUT2D eigenvalue weighted by atomic mass is 9.99. The van der Waals surface area contributed by atoms with Crippen molar-refractivity contribution in [2.45, 2.75) is 18.8 Å². The van der Waals surface area contributed by atoms with Crippen LogP contribution in [0, 0.1) is 0 Å². The molecule has 0 radical (unpaired) electrons. The van der Waals surface area contributed by atoms with E-state index in [4.69, 9.17) is 8.94 Å². The summed E-state index contributed by atoms with van der Waals surface area (Å²) in [5.41, 5.74) is 0. The van der Waals surface area contributed by atoms with E-state index in [-0.39, 0.29) is 0 Å².